The molecule has 0 aliphatic rings. The van der Waals surface area contributed by atoms with Crippen LogP contribution in [0, 0.1) is 6.92 Å². The van der Waals surface area contributed by atoms with Gasteiger partial charge in [-0.1, -0.05) is 23.8 Å². The maximum absolute atomic E-state index is 6.09. The van der Waals surface area contributed by atoms with Gasteiger partial charge in [0.05, 0.1) is 11.2 Å². The van der Waals surface area contributed by atoms with Crippen LogP contribution in [0.3, 0.4) is 0 Å². The summed E-state index contributed by atoms with van der Waals surface area (Å²) in [6, 6.07) is 8.88. The molecule has 2 aromatic rings. The number of pyridine rings is 1. The highest BCUT2D eigenvalue weighted by Crippen LogP contribution is 2.29. The third-order valence-electron chi connectivity index (χ3n) is 2.33. The van der Waals surface area contributed by atoms with E-state index in [0.29, 0.717) is 27.1 Å². The molecule has 5 heteroatoms. The third kappa shape index (κ3) is 2.97. The number of nitrogens with zero attached hydrogens (tertiary/aromatic N) is 1. The Morgan fingerprint density at radius 3 is 2.67 bits per heavy atom. The Labute approximate surface area is 116 Å². The molecular weight excluding hydrogens is 268 g/mol. The van der Waals surface area contributed by atoms with Crippen LogP contribution in [-0.2, 0) is 0 Å². The van der Waals surface area contributed by atoms with Crippen LogP contribution in [0.5, 0.6) is 11.5 Å². The molecule has 0 radical (unpaired) electrons. The molecule has 0 unspecified atom stereocenters. The molecular formula is C13H11ClN2OS. The molecule has 0 amide bonds. The quantitative estimate of drug-likeness (QED) is 0.874. The average molecular weight is 279 g/mol. The summed E-state index contributed by atoms with van der Waals surface area (Å²) in [7, 11) is 0. The Morgan fingerprint density at radius 2 is 2.11 bits per heavy atom. The van der Waals surface area contributed by atoms with Crippen molar-refractivity contribution < 1.29 is 4.74 Å². The smallest absolute Gasteiger partial charge is 0.146 e. The van der Waals surface area contributed by atoms with Crippen LogP contribution in [0.25, 0.3) is 0 Å². The topological polar surface area (TPSA) is 48.1 Å². The van der Waals surface area contributed by atoms with E-state index in [9.17, 15) is 0 Å². The molecule has 2 rings (SSSR count). The fourth-order valence-corrected chi connectivity index (χ4v) is 1.72. The molecule has 3 nitrogen and oxygen atoms in total. The Balaban J connectivity index is 2.24. The highest BCUT2D eigenvalue weighted by molar-refractivity contribution is 7.80. The van der Waals surface area contributed by atoms with Crippen molar-refractivity contribution in [3.8, 4) is 11.5 Å². The SMILES string of the molecule is Cc1ccc(Oc2ccc(C(N)=S)cc2Cl)cn1. The number of aryl methyl sites for hydroxylation is 1. The van der Waals surface area contributed by atoms with Crippen LogP contribution < -0.4 is 10.5 Å². The third-order valence-corrected chi connectivity index (χ3v) is 2.86. The van der Waals surface area contributed by atoms with Gasteiger partial charge in [0.1, 0.15) is 16.5 Å². The summed E-state index contributed by atoms with van der Waals surface area (Å²) >= 11 is 11.0. The van der Waals surface area contributed by atoms with Gasteiger partial charge in [-0.3, -0.25) is 4.98 Å². The van der Waals surface area contributed by atoms with Gasteiger partial charge in [0, 0.05) is 11.3 Å². The largest absolute Gasteiger partial charge is 0.454 e. The van der Waals surface area contributed by atoms with E-state index < -0.39 is 0 Å². The highest BCUT2D eigenvalue weighted by Gasteiger charge is 2.06. The minimum absolute atomic E-state index is 0.306. The first kappa shape index (κ1) is 12.8. The zero-order chi connectivity index (χ0) is 13.1. The summed E-state index contributed by atoms with van der Waals surface area (Å²) < 4.78 is 5.62. The minimum atomic E-state index is 0.306. The maximum atomic E-state index is 6.09. The molecule has 2 N–H and O–H groups in total. The number of ether oxygens (including phenoxy) is 1. The molecule has 0 atom stereocenters. The second-order valence-corrected chi connectivity index (χ2v) is 4.59. The lowest BCUT2D eigenvalue weighted by atomic mass is 10.2. The van der Waals surface area contributed by atoms with Crippen molar-refractivity contribution in [1.82, 2.24) is 4.98 Å². The van der Waals surface area contributed by atoms with Crippen molar-refractivity contribution in [2.45, 2.75) is 6.92 Å². The van der Waals surface area contributed by atoms with Crippen molar-refractivity contribution in [2.24, 2.45) is 5.73 Å². The molecule has 92 valence electrons. The van der Waals surface area contributed by atoms with Crippen LogP contribution in [0.4, 0.5) is 0 Å². The lowest BCUT2D eigenvalue weighted by Gasteiger charge is -2.08. The zero-order valence-corrected chi connectivity index (χ0v) is 11.3. The van der Waals surface area contributed by atoms with E-state index in [4.69, 9.17) is 34.3 Å². The molecule has 0 aliphatic carbocycles. The number of halogens is 1. The van der Waals surface area contributed by atoms with Crippen molar-refractivity contribution >= 4 is 28.8 Å². The molecule has 1 heterocycles. The monoisotopic (exact) mass is 278 g/mol. The number of benzene rings is 1. The standard InChI is InChI=1S/C13H11ClN2OS/c1-8-2-4-10(7-16-8)17-12-5-3-9(13(15)18)6-11(12)14/h2-7H,1H3,(H2,15,18). The lowest BCUT2D eigenvalue weighted by molar-refractivity contribution is 0.480. The summed E-state index contributed by atoms with van der Waals surface area (Å²) in [4.78, 5) is 4.45. The van der Waals surface area contributed by atoms with Gasteiger partial charge >= 0.3 is 0 Å². The molecule has 0 bridgehead atoms. The summed E-state index contributed by atoms with van der Waals surface area (Å²) in [5.74, 6) is 1.17. The van der Waals surface area contributed by atoms with Gasteiger partial charge in [-0.15, -0.1) is 0 Å². The molecule has 0 saturated heterocycles. The normalized spacial score (nSPS) is 10.1. The average Bonchev–Trinajstić information content (AvgIpc) is 2.34. The molecule has 1 aromatic heterocycles. The molecule has 0 fully saturated rings. The van der Waals surface area contributed by atoms with Crippen LogP contribution in [0.2, 0.25) is 5.02 Å². The zero-order valence-electron chi connectivity index (χ0n) is 9.68. The van der Waals surface area contributed by atoms with Crippen molar-refractivity contribution in [3.05, 3.63) is 52.8 Å². The second kappa shape index (κ2) is 5.33. The Morgan fingerprint density at radius 1 is 1.33 bits per heavy atom. The molecule has 0 aliphatic heterocycles. The fraction of sp³-hybridized carbons (Fsp3) is 0.0769. The molecule has 18 heavy (non-hydrogen) atoms. The predicted molar refractivity (Wildman–Crippen MR) is 76.4 cm³/mol. The lowest BCUT2D eigenvalue weighted by Crippen LogP contribution is -2.08. The number of thiocarbonyl (C=S) groups is 1. The number of hydrogen-bond donors (Lipinski definition) is 1. The number of aromatic nitrogens is 1. The maximum Gasteiger partial charge on any atom is 0.146 e. The van der Waals surface area contributed by atoms with E-state index in [1.807, 2.05) is 19.1 Å². The minimum Gasteiger partial charge on any atom is -0.454 e. The van der Waals surface area contributed by atoms with Gasteiger partial charge in [-0.2, -0.15) is 0 Å². The number of rotatable bonds is 3. The molecule has 1 aromatic carbocycles. The van der Waals surface area contributed by atoms with Crippen LogP contribution in [0.1, 0.15) is 11.3 Å². The van der Waals surface area contributed by atoms with Crippen molar-refractivity contribution in [2.75, 3.05) is 0 Å². The molecule has 0 saturated carbocycles. The Bertz CT molecular complexity index is 584. The Hall–Kier alpha value is -1.65. The second-order valence-electron chi connectivity index (χ2n) is 3.75. The first-order valence-corrected chi connectivity index (χ1v) is 6.05. The van der Waals surface area contributed by atoms with Gasteiger partial charge < -0.3 is 10.5 Å². The van der Waals surface area contributed by atoms with Crippen LogP contribution in [0.15, 0.2) is 36.5 Å². The van der Waals surface area contributed by atoms with Gasteiger partial charge in [0.2, 0.25) is 0 Å². The first-order valence-electron chi connectivity index (χ1n) is 5.26. The fourth-order valence-electron chi connectivity index (χ4n) is 1.38. The van der Waals surface area contributed by atoms with Gasteiger partial charge in [0.25, 0.3) is 0 Å². The van der Waals surface area contributed by atoms with E-state index in [2.05, 4.69) is 4.98 Å². The predicted octanol–water partition coefficient (Wildman–Crippen LogP) is 3.47. The summed E-state index contributed by atoms with van der Waals surface area (Å²) in [5.41, 5.74) is 7.16. The first-order chi connectivity index (χ1) is 8.56. The van der Waals surface area contributed by atoms with E-state index in [1.54, 1.807) is 24.4 Å². The van der Waals surface area contributed by atoms with Crippen molar-refractivity contribution in [1.29, 1.82) is 0 Å². The van der Waals surface area contributed by atoms with E-state index in [-0.39, 0.29) is 0 Å². The van der Waals surface area contributed by atoms with E-state index in [1.165, 1.54) is 0 Å². The van der Waals surface area contributed by atoms with E-state index >= 15 is 0 Å². The van der Waals surface area contributed by atoms with Gasteiger partial charge in [0.15, 0.2) is 0 Å². The highest BCUT2D eigenvalue weighted by atomic mass is 35.5. The van der Waals surface area contributed by atoms with E-state index in [0.717, 1.165) is 5.69 Å². The summed E-state index contributed by atoms with van der Waals surface area (Å²) in [6.07, 6.45) is 1.65. The Kier molecular flexibility index (Phi) is 3.79. The van der Waals surface area contributed by atoms with Crippen LogP contribution in [-0.4, -0.2) is 9.97 Å². The summed E-state index contributed by atoms with van der Waals surface area (Å²) in [6.45, 7) is 1.91. The van der Waals surface area contributed by atoms with Gasteiger partial charge in [-0.25, -0.2) is 0 Å². The number of nitrogens with two attached hydrogens (primary N) is 1. The van der Waals surface area contributed by atoms with Crippen LogP contribution >= 0.6 is 23.8 Å². The summed E-state index contributed by atoms with van der Waals surface area (Å²) in [5, 5.41) is 0.459. The number of hydrogen-bond acceptors (Lipinski definition) is 3. The van der Waals surface area contributed by atoms with Crippen molar-refractivity contribution in [3.63, 3.8) is 0 Å². The van der Waals surface area contributed by atoms with Gasteiger partial charge in [-0.05, 0) is 37.3 Å². The molecule has 0 spiro atoms.